The molecular weight excluding hydrogens is 438 g/mol. The second-order valence-electron chi connectivity index (χ2n) is 6.56. The fourth-order valence-corrected chi connectivity index (χ4v) is 3.64. The molecule has 30 heavy (non-hydrogen) atoms. The number of nitrogens with zero attached hydrogens (tertiary/aromatic N) is 1. The second kappa shape index (κ2) is 7.49. The molecule has 2 aromatic carbocycles. The number of halogens is 6. The van der Waals surface area contributed by atoms with Crippen molar-refractivity contribution < 1.29 is 39.6 Å². The lowest BCUT2D eigenvalue weighted by Gasteiger charge is -2.30. The summed E-state index contributed by atoms with van der Waals surface area (Å²) in [6.45, 7) is 0.0758. The third-order valence-electron chi connectivity index (χ3n) is 4.49. The highest BCUT2D eigenvalue weighted by molar-refractivity contribution is 7.93. The number of fused-ring (bicyclic) bond motifs is 1. The average Bonchev–Trinajstić information content (AvgIpc) is 2.63. The topological polar surface area (TPSA) is 66.5 Å². The van der Waals surface area contributed by atoms with Gasteiger partial charge in [0.05, 0.1) is 11.1 Å². The van der Waals surface area contributed by atoms with Gasteiger partial charge in [-0.25, -0.2) is 0 Å². The lowest BCUT2D eigenvalue weighted by molar-refractivity contribution is -0.138. The van der Waals surface area contributed by atoms with Crippen LogP contribution in [0.25, 0.3) is 0 Å². The highest BCUT2D eigenvalue weighted by Crippen LogP contribution is 2.36. The van der Waals surface area contributed by atoms with Gasteiger partial charge in [0.15, 0.2) is 0 Å². The number of benzene rings is 2. The third-order valence-corrected chi connectivity index (χ3v) is 5.61. The number of hydrogen-bond donors (Lipinski definition) is 1. The number of nitrogens with one attached hydrogen (secondary N) is 1. The summed E-state index contributed by atoms with van der Waals surface area (Å²) in [5, 5.41) is 0. The lowest BCUT2D eigenvalue weighted by Crippen LogP contribution is -2.38. The summed E-state index contributed by atoms with van der Waals surface area (Å²) in [5.74, 6) is -0.800. The first-order valence-corrected chi connectivity index (χ1v) is 9.94. The molecule has 1 aliphatic rings. The van der Waals surface area contributed by atoms with Gasteiger partial charge in [0.25, 0.3) is 5.91 Å². The van der Waals surface area contributed by atoms with Crippen LogP contribution in [0.15, 0.2) is 42.5 Å². The molecule has 0 saturated carbocycles. The molecule has 12 heteroatoms. The normalized spacial score (nSPS) is 15.1. The van der Waals surface area contributed by atoms with Gasteiger partial charge in [-0.3, -0.25) is 9.52 Å². The van der Waals surface area contributed by atoms with Crippen molar-refractivity contribution in [1.82, 2.24) is 4.90 Å². The van der Waals surface area contributed by atoms with E-state index in [1.807, 2.05) is 0 Å². The number of hydrogen-bond acceptors (Lipinski definition) is 3. The molecule has 5 nitrogen and oxygen atoms in total. The minimum atomic E-state index is -5.57. The van der Waals surface area contributed by atoms with Gasteiger partial charge in [-0.2, -0.15) is 34.8 Å². The van der Waals surface area contributed by atoms with Gasteiger partial charge < -0.3 is 4.90 Å². The predicted molar refractivity (Wildman–Crippen MR) is 94.9 cm³/mol. The Bertz CT molecular complexity index is 1060. The molecule has 0 radical (unpaired) electrons. The number of alkyl halides is 6. The van der Waals surface area contributed by atoms with E-state index in [2.05, 4.69) is 0 Å². The van der Waals surface area contributed by atoms with Crippen molar-refractivity contribution in [2.45, 2.75) is 24.7 Å². The Morgan fingerprint density at radius 2 is 1.60 bits per heavy atom. The fourth-order valence-electron chi connectivity index (χ4n) is 3.07. The van der Waals surface area contributed by atoms with E-state index >= 15 is 0 Å². The molecule has 0 bridgehead atoms. The molecule has 162 valence electrons. The van der Waals surface area contributed by atoms with Crippen LogP contribution in [0.1, 0.15) is 27.0 Å². The molecule has 0 aromatic heterocycles. The molecule has 0 unspecified atom stereocenters. The second-order valence-corrected chi connectivity index (χ2v) is 8.24. The van der Waals surface area contributed by atoms with Crippen LogP contribution in [0.2, 0.25) is 0 Å². The van der Waals surface area contributed by atoms with Gasteiger partial charge in [0.1, 0.15) is 0 Å². The zero-order valence-corrected chi connectivity index (χ0v) is 15.8. The monoisotopic (exact) mass is 452 g/mol. The number of sulfonamides is 1. The molecule has 0 atom stereocenters. The molecule has 0 spiro atoms. The largest absolute Gasteiger partial charge is 0.516 e. The van der Waals surface area contributed by atoms with Gasteiger partial charge in [0, 0.05) is 18.8 Å². The standard InChI is InChI=1S/C18H14F6N2O3S/c19-17(20,21)14-3-1-2-12-8-9-26(16(27)15(12)14)10-11-4-6-13(7-5-11)25-30(28,29)18(22,23)24/h1-7,25H,8-10H2. The first-order valence-electron chi connectivity index (χ1n) is 8.46. The van der Waals surface area contributed by atoms with E-state index in [0.29, 0.717) is 11.1 Å². The molecule has 1 N–H and O–H groups in total. The minimum Gasteiger partial charge on any atom is -0.334 e. The predicted octanol–water partition coefficient (Wildman–Crippen LogP) is 4.17. The van der Waals surface area contributed by atoms with Gasteiger partial charge in [-0.1, -0.05) is 24.3 Å². The Kier molecular flexibility index (Phi) is 5.48. The van der Waals surface area contributed by atoms with E-state index in [1.54, 1.807) is 0 Å². The van der Waals surface area contributed by atoms with E-state index in [1.165, 1.54) is 33.9 Å². The van der Waals surface area contributed by atoms with Crippen molar-refractivity contribution in [3.05, 3.63) is 64.7 Å². The van der Waals surface area contributed by atoms with Crippen LogP contribution in [0.3, 0.4) is 0 Å². The minimum absolute atomic E-state index is 0.0865. The summed E-state index contributed by atoms with van der Waals surface area (Å²) in [6, 6.07) is 8.25. The Morgan fingerprint density at radius 1 is 0.967 bits per heavy atom. The van der Waals surface area contributed by atoms with Crippen LogP contribution in [0.5, 0.6) is 0 Å². The first kappa shape index (κ1) is 21.9. The third kappa shape index (κ3) is 4.37. The lowest BCUT2D eigenvalue weighted by atomic mass is 9.93. The SMILES string of the molecule is O=C1c2c(cccc2C(F)(F)F)CCN1Cc1ccc(NS(=O)(=O)C(F)(F)F)cc1. The number of anilines is 1. The molecule has 0 fully saturated rings. The van der Waals surface area contributed by atoms with E-state index in [-0.39, 0.29) is 25.2 Å². The van der Waals surface area contributed by atoms with E-state index in [0.717, 1.165) is 18.2 Å². The van der Waals surface area contributed by atoms with Gasteiger partial charge >= 0.3 is 21.7 Å². The van der Waals surface area contributed by atoms with Crippen LogP contribution in [-0.4, -0.2) is 31.3 Å². The maximum absolute atomic E-state index is 13.3. The van der Waals surface area contributed by atoms with Gasteiger partial charge in [-0.05, 0) is 35.7 Å². The zero-order chi connectivity index (χ0) is 22.3. The van der Waals surface area contributed by atoms with Crippen molar-refractivity contribution in [2.75, 3.05) is 11.3 Å². The van der Waals surface area contributed by atoms with E-state index < -0.39 is 38.7 Å². The number of carbonyl (C=O) groups is 1. The summed E-state index contributed by atoms with van der Waals surface area (Å²) < 4.78 is 101. The number of carbonyl (C=O) groups excluding carboxylic acids is 1. The highest BCUT2D eigenvalue weighted by atomic mass is 32.2. The molecule has 1 heterocycles. The fraction of sp³-hybridized carbons (Fsp3) is 0.278. The summed E-state index contributed by atoms with van der Waals surface area (Å²) in [6.07, 6.45) is -4.48. The van der Waals surface area contributed by atoms with Crippen molar-refractivity contribution in [1.29, 1.82) is 0 Å². The maximum Gasteiger partial charge on any atom is 0.516 e. The number of rotatable bonds is 4. The molecule has 0 aliphatic carbocycles. The Hall–Kier alpha value is -2.76. The van der Waals surface area contributed by atoms with Crippen LogP contribution in [-0.2, 0) is 29.2 Å². The van der Waals surface area contributed by atoms with Gasteiger partial charge in [-0.15, -0.1) is 0 Å². The van der Waals surface area contributed by atoms with E-state index in [4.69, 9.17) is 0 Å². The first-order chi connectivity index (χ1) is 13.8. The Labute approximate surface area is 167 Å². The molecule has 1 amide bonds. The van der Waals surface area contributed by atoms with Crippen molar-refractivity contribution in [2.24, 2.45) is 0 Å². The maximum atomic E-state index is 13.3. The molecule has 2 aromatic rings. The highest BCUT2D eigenvalue weighted by Gasteiger charge is 2.46. The molecule has 3 rings (SSSR count). The summed E-state index contributed by atoms with van der Waals surface area (Å²) in [4.78, 5) is 13.9. The number of amides is 1. The average molecular weight is 452 g/mol. The van der Waals surface area contributed by atoms with Crippen molar-refractivity contribution in [3.8, 4) is 0 Å². The summed E-state index contributed by atoms with van der Waals surface area (Å²) in [7, 11) is -5.57. The Morgan fingerprint density at radius 3 is 2.17 bits per heavy atom. The quantitative estimate of drug-likeness (QED) is 0.709. The van der Waals surface area contributed by atoms with Crippen LogP contribution >= 0.6 is 0 Å². The van der Waals surface area contributed by atoms with Crippen molar-refractivity contribution in [3.63, 3.8) is 0 Å². The van der Waals surface area contributed by atoms with Crippen LogP contribution in [0.4, 0.5) is 32.0 Å². The summed E-state index contributed by atoms with van der Waals surface area (Å²) >= 11 is 0. The molecule has 0 saturated heterocycles. The summed E-state index contributed by atoms with van der Waals surface area (Å²) in [5.41, 5.74) is -6.55. The van der Waals surface area contributed by atoms with Crippen LogP contribution < -0.4 is 4.72 Å². The van der Waals surface area contributed by atoms with E-state index in [9.17, 15) is 39.6 Å². The molecule has 1 aliphatic heterocycles. The van der Waals surface area contributed by atoms with Crippen LogP contribution in [0, 0.1) is 0 Å². The van der Waals surface area contributed by atoms with Gasteiger partial charge in [0.2, 0.25) is 0 Å². The Balaban J connectivity index is 1.78. The smallest absolute Gasteiger partial charge is 0.334 e. The van der Waals surface area contributed by atoms with Crippen molar-refractivity contribution >= 4 is 21.6 Å². The zero-order valence-electron chi connectivity index (χ0n) is 15.0. The molecular formula is C18H14F6N2O3S.